The molecule has 3 aliphatic rings. The number of amides is 1. The standard InChI is InChI=1S/C36H49ClN7O4P/c1-8-23-17-29(40-34-38-20-27(37)33(41-34)39-28-11-9-10-12-32(28)49(6,7)46)31(47-5)19-30(23)42-15-13-24(14-16-42)43-21-26-18-25(43)22-44(26)35(45)48-36(2,3)4/h9-12,17,19-20,24-26H,8,13-16,18,21-22H2,1-7H3,(H2,38,39,40,41)/t25-,26-/m0/s1. The van der Waals surface area contributed by atoms with Crippen LogP contribution in [0.25, 0.3) is 0 Å². The molecule has 2 aromatic carbocycles. The number of piperidine rings is 1. The second kappa shape index (κ2) is 14.0. The number of nitrogens with one attached hydrogen (secondary N) is 2. The summed E-state index contributed by atoms with van der Waals surface area (Å²) in [5.74, 6) is 1.47. The Morgan fingerprint density at radius 3 is 2.41 bits per heavy atom. The Morgan fingerprint density at radius 1 is 1.04 bits per heavy atom. The number of rotatable bonds is 9. The molecule has 4 heterocycles. The quantitative estimate of drug-likeness (QED) is 0.223. The van der Waals surface area contributed by atoms with E-state index in [1.807, 2.05) is 49.9 Å². The Labute approximate surface area is 295 Å². The summed E-state index contributed by atoms with van der Waals surface area (Å²) in [5, 5.41) is 7.69. The number of para-hydroxylation sites is 1. The van der Waals surface area contributed by atoms with Crippen molar-refractivity contribution in [1.82, 2.24) is 19.8 Å². The molecule has 0 unspecified atom stereocenters. The number of nitrogens with zero attached hydrogens (tertiary/aromatic N) is 5. The SMILES string of the molecule is CCc1cc(Nc2ncc(Cl)c(Nc3ccccc3P(C)(C)=O)n2)c(OC)cc1N1CCC(N2C[C@@H]3C[C@H]2CN3C(=O)OC(C)(C)C)CC1. The van der Waals surface area contributed by atoms with Crippen molar-refractivity contribution in [3.63, 3.8) is 0 Å². The van der Waals surface area contributed by atoms with E-state index in [0.717, 1.165) is 62.9 Å². The van der Waals surface area contributed by atoms with E-state index in [1.54, 1.807) is 26.6 Å². The molecule has 2 N–H and O–H groups in total. The number of anilines is 5. The Balaban J connectivity index is 1.12. The molecule has 13 heteroatoms. The minimum Gasteiger partial charge on any atom is -0.494 e. The van der Waals surface area contributed by atoms with E-state index in [-0.39, 0.29) is 12.1 Å². The number of likely N-dealkylation sites (tertiary alicyclic amines) is 2. The minimum atomic E-state index is -2.54. The number of carbonyl (C=O) groups is 1. The molecular formula is C36H49ClN7O4P. The number of methoxy groups -OCH3 is 1. The number of fused-ring (bicyclic) bond motifs is 2. The topological polar surface area (TPSA) is 112 Å². The van der Waals surface area contributed by atoms with Gasteiger partial charge in [-0.1, -0.05) is 30.7 Å². The molecule has 264 valence electrons. The first-order valence-corrected chi connectivity index (χ1v) is 20.1. The molecule has 6 rings (SSSR count). The van der Waals surface area contributed by atoms with Gasteiger partial charge in [0.1, 0.15) is 23.5 Å². The average Bonchev–Trinajstić information content (AvgIpc) is 3.67. The fourth-order valence-corrected chi connectivity index (χ4v) is 8.69. The Bertz CT molecular complexity index is 1740. The molecule has 3 saturated heterocycles. The van der Waals surface area contributed by atoms with Crippen LogP contribution in [0.3, 0.4) is 0 Å². The number of hydrogen-bond donors (Lipinski definition) is 2. The van der Waals surface area contributed by atoms with Gasteiger partial charge in [0.25, 0.3) is 0 Å². The van der Waals surface area contributed by atoms with Crippen LogP contribution in [0.4, 0.5) is 33.6 Å². The summed E-state index contributed by atoms with van der Waals surface area (Å²) in [4.78, 5) is 28.9. The maximum Gasteiger partial charge on any atom is 0.410 e. The number of carbonyl (C=O) groups excluding carboxylic acids is 1. The molecule has 0 radical (unpaired) electrons. The number of piperazine rings is 1. The Kier molecular flexibility index (Phi) is 10.1. The van der Waals surface area contributed by atoms with Gasteiger partial charge in [-0.25, -0.2) is 9.78 Å². The molecule has 0 saturated carbocycles. The molecular weight excluding hydrogens is 661 g/mol. The first-order valence-electron chi connectivity index (χ1n) is 17.2. The first kappa shape index (κ1) is 35.3. The number of aromatic nitrogens is 2. The lowest BCUT2D eigenvalue weighted by Crippen LogP contribution is -2.55. The van der Waals surface area contributed by atoms with E-state index in [9.17, 15) is 9.36 Å². The van der Waals surface area contributed by atoms with Gasteiger partial charge in [0.2, 0.25) is 5.95 Å². The van der Waals surface area contributed by atoms with E-state index in [0.29, 0.717) is 40.3 Å². The third-order valence-corrected chi connectivity index (χ3v) is 11.5. The van der Waals surface area contributed by atoms with Crippen molar-refractivity contribution in [2.24, 2.45) is 0 Å². The highest BCUT2D eigenvalue weighted by molar-refractivity contribution is 7.70. The third-order valence-electron chi connectivity index (χ3n) is 9.69. The van der Waals surface area contributed by atoms with Gasteiger partial charge in [-0.3, -0.25) is 4.90 Å². The van der Waals surface area contributed by atoms with Gasteiger partial charge in [-0.2, -0.15) is 4.98 Å². The highest BCUT2D eigenvalue weighted by Crippen LogP contribution is 2.41. The molecule has 0 aliphatic carbocycles. The van der Waals surface area contributed by atoms with Gasteiger partial charge in [-0.05, 0) is 83.5 Å². The number of halogens is 1. The highest BCUT2D eigenvalue weighted by Gasteiger charge is 2.48. The summed E-state index contributed by atoms with van der Waals surface area (Å²) in [6.45, 7) is 15.0. The van der Waals surface area contributed by atoms with Gasteiger partial charge in [0.05, 0.1) is 24.7 Å². The smallest absolute Gasteiger partial charge is 0.410 e. The summed E-state index contributed by atoms with van der Waals surface area (Å²) in [5.41, 5.74) is 3.37. The minimum absolute atomic E-state index is 0.181. The maximum atomic E-state index is 12.9. The van der Waals surface area contributed by atoms with Crippen LogP contribution in [0.15, 0.2) is 42.6 Å². The summed E-state index contributed by atoms with van der Waals surface area (Å²) in [6, 6.07) is 12.9. The van der Waals surface area contributed by atoms with E-state index in [4.69, 9.17) is 21.1 Å². The van der Waals surface area contributed by atoms with Crippen molar-refractivity contribution in [3.8, 4) is 5.75 Å². The highest BCUT2D eigenvalue weighted by atomic mass is 35.5. The van der Waals surface area contributed by atoms with Crippen LogP contribution >= 0.6 is 18.7 Å². The largest absolute Gasteiger partial charge is 0.494 e. The van der Waals surface area contributed by atoms with Gasteiger partial charge in [0, 0.05) is 61.4 Å². The van der Waals surface area contributed by atoms with Crippen LogP contribution in [0.1, 0.15) is 52.5 Å². The molecule has 1 aromatic heterocycles. The van der Waals surface area contributed by atoms with Crippen molar-refractivity contribution in [3.05, 3.63) is 53.2 Å². The normalized spacial score (nSPS) is 20.1. The predicted molar refractivity (Wildman–Crippen MR) is 199 cm³/mol. The maximum absolute atomic E-state index is 12.9. The zero-order valence-electron chi connectivity index (χ0n) is 29.6. The van der Waals surface area contributed by atoms with Crippen molar-refractivity contribution in [2.75, 3.05) is 62.2 Å². The van der Waals surface area contributed by atoms with Crippen LogP contribution < -0.4 is 25.6 Å². The van der Waals surface area contributed by atoms with Gasteiger partial charge >= 0.3 is 6.09 Å². The molecule has 0 spiro atoms. The Morgan fingerprint density at radius 2 is 1.78 bits per heavy atom. The second-order valence-corrected chi connectivity index (χ2v) is 18.2. The van der Waals surface area contributed by atoms with Crippen molar-refractivity contribution < 1.29 is 18.8 Å². The number of aryl methyl sites for hydroxylation is 1. The van der Waals surface area contributed by atoms with Gasteiger partial charge < -0.3 is 34.5 Å². The fraction of sp³-hybridized carbons (Fsp3) is 0.528. The molecule has 3 fully saturated rings. The number of benzene rings is 2. The number of ether oxygens (including phenoxy) is 2. The van der Waals surface area contributed by atoms with E-state index < -0.39 is 12.7 Å². The lowest BCUT2D eigenvalue weighted by Gasteiger charge is -2.43. The van der Waals surface area contributed by atoms with Gasteiger partial charge in [-0.15, -0.1) is 0 Å². The first-order chi connectivity index (χ1) is 23.2. The van der Waals surface area contributed by atoms with Crippen molar-refractivity contribution >= 4 is 59.0 Å². The van der Waals surface area contributed by atoms with Crippen molar-refractivity contribution in [2.45, 2.75) is 77.1 Å². The predicted octanol–water partition coefficient (Wildman–Crippen LogP) is 7.10. The molecule has 1 amide bonds. The van der Waals surface area contributed by atoms with Gasteiger partial charge in [0.15, 0.2) is 5.82 Å². The fourth-order valence-electron chi connectivity index (χ4n) is 7.40. The summed E-state index contributed by atoms with van der Waals surface area (Å²) in [6.07, 6.45) is 5.40. The Hall–Kier alpha value is -3.53. The molecule has 49 heavy (non-hydrogen) atoms. The lowest BCUT2D eigenvalue weighted by atomic mass is 9.99. The molecule has 3 aromatic rings. The van der Waals surface area contributed by atoms with Crippen LogP contribution in [-0.2, 0) is 15.7 Å². The molecule has 11 nitrogen and oxygen atoms in total. The molecule has 2 atom stereocenters. The zero-order valence-corrected chi connectivity index (χ0v) is 31.3. The van der Waals surface area contributed by atoms with Crippen LogP contribution in [0, 0.1) is 0 Å². The van der Waals surface area contributed by atoms with Crippen LogP contribution in [0.5, 0.6) is 5.75 Å². The van der Waals surface area contributed by atoms with Crippen LogP contribution in [0.2, 0.25) is 5.02 Å². The van der Waals surface area contributed by atoms with Crippen molar-refractivity contribution in [1.29, 1.82) is 0 Å². The van der Waals surface area contributed by atoms with E-state index in [1.165, 1.54) is 11.3 Å². The van der Waals surface area contributed by atoms with Crippen LogP contribution in [-0.4, -0.2) is 96.2 Å². The zero-order chi connectivity index (χ0) is 35.1. The third kappa shape index (κ3) is 7.79. The lowest BCUT2D eigenvalue weighted by molar-refractivity contribution is 0.00771. The molecule has 3 aliphatic heterocycles. The van der Waals surface area contributed by atoms with E-state index in [2.05, 4.69) is 49.5 Å². The second-order valence-electron chi connectivity index (χ2n) is 14.6. The monoisotopic (exact) mass is 709 g/mol. The number of hydrogen-bond acceptors (Lipinski definition) is 10. The molecule has 2 bridgehead atoms. The summed E-state index contributed by atoms with van der Waals surface area (Å²) >= 11 is 6.50. The average molecular weight is 710 g/mol. The summed E-state index contributed by atoms with van der Waals surface area (Å²) in [7, 11) is -0.867. The summed E-state index contributed by atoms with van der Waals surface area (Å²) < 4.78 is 24.5. The van der Waals surface area contributed by atoms with E-state index >= 15 is 0 Å².